The molecule has 0 saturated heterocycles. The van der Waals surface area contributed by atoms with Gasteiger partial charge in [-0.25, -0.2) is 13.4 Å². The molecule has 0 atom stereocenters. The summed E-state index contributed by atoms with van der Waals surface area (Å²) in [5, 5.41) is 8.42. The molecule has 1 amide bonds. The van der Waals surface area contributed by atoms with Crippen LogP contribution in [0.5, 0.6) is 0 Å². The molecule has 172 valence electrons. The Morgan fingerprint density at radius 2 is 1.85 bits per heavy atom. The number of benzene rings is 2. The molecule has 0 radical (unpaired) electrons. The number of rotatable bonds is 7. The molecule has 0 spiro atoms. The molecule has 4 aromatic rings. The zero-order valence-corrected chi connectivity index (χ0v) is 20.6. The van der Waals surface area contributed by atoms with Crippen molar-refractivity contribution in [2.45, 2.75) is 25.7 Å². The van der Waals surface area contributed by atoms with Gasteiger partial charge in [-0.3, -0.25) is 4.79 Å². The average molecular weight is 504 g/mol. The number of carbonyl (C=O) groups is 1. The van der Waals surface area contributed by atoms with Gasteiger partial charge >= 0.3 is 0 Å². The molecule has 0 unspecified atom stereocenters. The number of anilines is 1. The minimum absolute atomic E-state index is 0.148. The number of aryl methyl sites for hydroxylation is 1. The predicted molar refractivity (Wildman–Crippen MR) is 131 cm³/mol. The van der Waals surface area contributed by atoms with Crippen LogP contribution >= 0.6 is 22.9 Å². The third-order valence-electron chi connectivity index (χ3n) is 5.07. The second kappa shape index (κ2) is 9.22. The summed E-state index contributed by atoms with van der Waals surface area (Å²) in [6.45, 7) is 6.14. The van der Waals surface area contributed by atoms with Crippen LogP contribution in [0.3, 0.4) is 0 Å². The number of fused-ring (bicyclic) bond motifs is 1. The van der Waals surface area contributed by atoms with Gasteiger partial charge in [-0.15, -0.1) is 0 Å². The van der Waals surface area contributed by atoms with E-state index in [2.05, 4.69) is 15.4 Å². The van der Waals surface area contributed by atoms with Crippen molar-refractivity contribution in [2.75, 3.05) is 18.4 Å². The van der Waals surface area contributed by atoms with Gasteiger partial charge in [0.2, 0.25) is 15.2 Å². The molecule has 2 heterocycles. The fourth-order valence-electron chi connectivity index (χ4n) is 3.41. The van der Waals surface area contributed by atoms with Crippen molar-refractivity contribution in [3.05, 3.63) is 64.8 Å². The molecular formula is C22H22ClN5O3S2. The van der Waals surface area contributed by atoms with Crippen molar-refractivity contribution in [2.24, 2.45) is 0 Å². The first-order valence-electron chi connectivity index (χ1n) is 10.3. The van der Waals surface area contributed by atoms with Crippen molar-refractivity contribution in [3.63, 3.8) is 0 Å². The second-order valence-electron chi connectivity index (χ2n) is 7.23. The van der Waals surface area contributed by atoms with E-state index >= 15 is 0 Å². The van der Waals surface area contributed by atoms with Crippen LogP contribution in [-0.2, 0) is 10.0 Å². The SMILES string of the molecule is CCN(CC)S(=O)(=O)c1ccc(C(=O)Nc2cc(C)nn2-c2nc3c(Cl)cccc3s2)cc1. The van der Waals surface area contributed by atoms with Gasteiger partial charge in [0.15, 0.2) is 0 Å². The first-order valence-corrected chi connectivity index (χ1v) is 12.9. The van der Waals surface area contributed by atoms with E-state index in [0.29, 0.717) is 45.8 Å². The van der Waals surface area contributed by atoms with E-state index in [1.165, 1.54) is 39.9 Å². The molecule has 2 aromatic carbocycles. The highest BCUT2D eigenvalue weighted by Crippen LogP contribution is 2.31. The summed E-state index contributed by atoms with van der Waals surface area (Å²) >= 11 is 7.66. The number of aromatic nitrogens is 3. The molecule has 0 fully saturated rings. The Labute approximate surface area is 200 Å². The van der Waals surface area contributed by atoms with E-state index in [4.69, 9.17) is 11.6 Å². The number of thiazole rings is 1. The number of hydrogen-bond donors (Lipinski definition) is 1. The summed E-state index contributed by atoms with van der Waals surface area (Å²) in [4.78, 5) is 17.6. The van der Waals surface area contributed by atoms with Gasteiger partial charge in [0.05, 0.1) is 20.3 Å². The standard InChI is InChI=1S/C22H22ClN5O3S2/c1-4-27(5-2)33(30,31)16-11-9-15(10-12-16)21(29)24-19-13-14(3)26-28(19)22-25-20-17(23)7-6-8-18(20)32-22/h6-13H,4-5H2,1-3H3,(H,24,29). The molecule has 4 rings (SSSR count). The zero-order valence-electron chi connectivity index (χ0n) is 18.2. The van der Waals surface area contributed by atoms with Crippen molar-refractivity contribution in [3.8, 4) is 5.13 Å². The molecule has 8 nitrogen and oxygen atoms in total. The summed E-state index contributed by atoms with van der Waals surface area (Å²) in [6.07, 6.45) is 0. The number of halogens is 1. The second-order valence-corrected chi connectivity index (χ2v) is 10.6. The summed E-state index contributed by atoms with van der Waals surface area (Å²) in [7, 11) is -3.59. The normalized spacial score (nSPS) is 11.9. The van der Waals surface area contributed by atoms with Gasteiger partial charge in [0, 0.05) is 24.7 Å². The minimum Gasteiger partial charge on any atom is -0.306 e. The lowest BCUT2D eigenvalue weighted by Crippen LogP contribution is -2.30. The van der Waals surface area contributed by atoms with Gasteiger partial charge in [0.1, 0.15) is 11.3 Å². The van der Waals surface area contributed by atoms with Crippen LogP contribution in [0.1, 0.15) is 29.9 Å². The maximum absolute atomic E-state index is 12.9. The average Bonchev–Trinajstić information content (AvgIpc) is 3.38. The first-order chi connectivity index (χ1) is 15.7. The van der Waals surface area contributed by atoms with Crippen LogP contribution in [0.4, 0.5) is 5.82 Å². The molecule has 0 aliphatic carbocycles. The Balaban J connectivity index is 1.60. The van der Waals surface area contributed by atoms with E-state index in [9.17, 15) is 13.2 Å². The molecule has 1 N–H and O–H groups in total. The number of carbonyl (C=O) groups excluding carboxylic acids is 1. The van der Waals surface area contributed by atoms with Crippen LogP contribution in [0.25, 0.3) is 15.3 Å². The van der Waals surface area contributed by atoms with Crippen LogP contribution in [0.2, 0.25) is 5.02 Å². The molecule has 11 heteroatoms. The minimum atomic E-state index is -3.59. The predicted octanol–water partition coefficient (Wildman–Crippen LogP) is 4.73. The largest absolute Gasteiger partial charge is 0.306 e. The maximum Gasteiger partial charge on any atom is 0.256 e. The van der Waals surface area contributed by atoms with Crippen LogP contribution < -0.4 is 5.32 Å². The maximum atomic E-state index is 12.9. The quantitative estimate of drug-likeness (QED) is 0.393. The van der Waals surface area contributed by atoms with E-state index in [0.717, 1.165) is 4.70 Å². The molecule has 0 bridgehead atoms. The van der Waals surface area contributed by atoms with Crippen molar-refractivity contribution >= 4 is 54.9 Å². The van der Waals surface area contributed by atoms with E-state index in [-0.39, 0.29) is 10.8 Å². The Morgan fingerprint density at radius 1 is 1.15 bits per heavy atom. The molecular weight excluding hydrogens is 482 g/mol. The smallest absolute Gasteiger partial charge is 0.256 e. The van der Waals surface area contributed by atoms with Crippen molar-refractivity contribution in [1.29, 1.82) is 0 Å². The lowest BCUT2D eigenvalue weighted by Gasteiger charge is -2.18. The number of para-hydroxylation sites is 1. The van der Waals surface area contributed by atoms with Crippen LogP contribution in [0.15, 0.2) is 53.4 Å². The fraction of sp³-hybridized carbons (Fsp3) is 0.227. The Hall–Kier alpha value is -2.79. The summed E-state index contributed by atoms with van der Waals surface area (Å²) in [5.74, 6) is 0.0644. The Morgan fingerprint density at radius 3 is 2.48 bits per heavy atom. The van der Waals surface area contributed by atoms with Gasteiger partial charge in [0.25, 0.3) is 5.91 Å². The van der Waals surface area contributed by atoms with Gasteiger partial charge < -0.3 is 5.32 Å². The van der Waals surface area contributed by atoms with Crippen molar-refractivity contribution in [1.82, 2.24) is 19.1 Å². The summed E-state index contributed by atoms with van der Waals surface area (Å²) in [6, 6.07) is 13.2. The zero-order chi connectivity index (χ0) is 23.8. The highest BCUT2D eigenvalue weighted by Gasteiger charge is 2.22. The van der Waals surface area contributed by atoms with Gasteiger partial charge in [-0.2, -0.15) is 14.1 Å². The first kappa shape index (κ1) is 23.4. The number of nitrogens with zero attached hydrogens (tertiary/aromatic N) is 4. The Kier molecular flexibility index (Phi) is 6.53. The topological polar surface area (TPSA) is 97.2 Å². The fourth-order valence-corrected chi connectivity index (χ4v) is 6.10. The third kappa shape index (κ3) is 4.51. The van der Waals surface area contributed by atoms with E-state index in [1.807, 2.05) is 19.1 Å². The number of sulfonamides is 1. The number of nitrogens with one attached hydrogen (secondary N) is 1. The third-order valence-corrected chi connectivity index (χ3v) is 8.44. The molecule has 0 saturated carbocycles. The van der Waals surface area contributed by atoms with Gasteiger partial charge in [-0.1, -0.05) is 42.9 Å². The number of amides is 1. The van der Waals surface area contributed by atoms with Gasteiger partial charge in [-0.05, 0) is 43.3 Å². The monoisotopic (exact) mass is 503 g/mol. The Bertz CT molecular complexity index is 1420. The molecule has 0 aliphatic rings. The van der Waals surface area contributed by atoms with E-state index in [1.54, 1.807) is 30.7 Å². The lowest BCUT2D eigenvalue weighted by molar-refractivity contribution is 0.102. The lowest BCUT2D eigenvalue weighted by atomic mass is 10.2. The molecule has 0 aliphatic heterocycles. The van der Waals surface area contributed by atoms with Crippen molar-refractivity contribution < 1.29 is 13.2 Å². The molecule has 2 aromatic heterocycles. The summed E-state index contributed by atoms with van der Waals surface area (Å²) in [5.41, 5.74) is 1.71. The van der Waals surface area contributed by atoms with E-state index < -0.39 is 10.0 Å². The van der Waals surface area contributed by atoms with Crippen LogP contribution in [-0.4, -0.2) is 46.5 Å². The van der Waals surface area contributed by atoms with Crippen LogP contribution in [0, 0.1) is 6.92 Å². The highest BCUT2D eigenvalue weighted by molar-refractivity contribution is 7.89. The molecule has 33 heavy (non-hydrogen) atoms. The number of hydrogen-bond acceptors (Lipinski definition) is 6. The summed E-state index contributed by atoms with van der Waals surface area (Å²) < 4.78 is 29.2. The highest BCUT2D eigenvalue weighted by atomic mass is 35.5.